The van der Waals surface area contributed by atoms with E-state index in [0.29, 0.717) is 36.0 Å². The first-order chi connectivity index (χ1) is 10.7. The number of carbonyl (C=O) groups excluding carboxylic acids is 1. The Kier molecular flexibility index (Phi) is 6.18. The Bertz CT molecular complexity index is 620. The molecule has 2 rings (SSSR count). The third-order valence-electron chi connectivity index (χ3n) is 3.00. The zero-order valence-corrected chi connectivity index (χ0v) is 13.1. The minimum atomic E-state index is -0.0743. The molecule has 1 aromatic carbocycles. The third-order valence-corrected chi connectivity index (χ3v) is 3.29. The summed E-state index contributed by atoms with van der Waals surface area (Å²) in [6, 6.07) is 10.9. The molecule has 0 atom stereocenters. The SMILES string of the molecule is COc1ccc(NC(=O)CCNCc2ccccn2)cc1Cl. The lowest BCUT2D eigenvalue weighted by atomic mass is 10.3. The molecule has 0 saturated heterocycles. The first-order valence-corrected chi connectivity index (χ1v) is 7.31. The lowest BCUT2D eigenvalue weighted by Crippen LogP contribution is -2.21. The van der Waals surface area contributed by atoms with Crippen LogP contribution in [0.2, 0.25) is 5.02 Å². The van der Waals surface area contributed by atoms with Gasteiger partial charge in [0, 0.05) is 31.4 Å². The summed E-state index contributed by atoms with van der Waals surface area (Å²) in [6.45, 7) is 1.22. The molecule has 116 valence electrons. The van der Waals surface area contributed by atoms with Crippen molar-refractivity contribution in [3.05, 3.63) is 53.3 Å². The van der Waals surface area contributed by atoms with Crippen molar-refractivity contribution in [2.45, 2.75) is 13.0 Å². The quantitative estimate of drug-likeness (QED) is 0.770. The number of ether oxygens (including phenoxy) is 1. The first kappa shape index (κ1) is 16.3. The van der Waals surface area contributed by atoms with E-state index < -0.39 is 0 Å². The van der Waals surface area contributed by atoms with Crippen LogP contribution >= 0.6 is 11.6 Å². The molecule has 2 N–H and O–H groups in total. The highest BCUT2D eigenvalue weighted by Gasteiger charge is 2.05. The van der Waals surface area contributed by atoms with E-state index in [2.05, 4.69) is 15.6 Å². The fraction of sp³-hybridized carbons (Fsp3) is 0.250. The second-order valence-electron chi connectivity index (χ2n) is 4.65. The highest BCUT2D eigenvalue weighted by atomic mass is 35.5. The Morgan fingerprint density at radius 3 is 2.86 bits per heavy atom. The molecule has 1 amide bonds. The fourth-order valence-electron chi connectivity index (χ4n) is 1.89. The topological polar surface area (TPSA) is 63.2 Å². The average Bonchev–Trinajstić information content (AvgIpc) is 2.53. The number of rotatable bonds is 7. The van der Waals surface area contributed by atoms with E-state index in [1.165, 1.54) is 0 Å². The molecular weight excluding hydrogens is 302 g/mol. The van der Waals surface area contributed by atoms with E-state index in [9.17, 15) is 4.79 Å². The molecule has 0 spiro atoms. The standard InChI is InChI=1S/C16H18ClN3O2/c1-22-15-6-5-12(10-14(15)17)20-16(21)7-9-18-11-13-4-2-3-8-19-13/h2-6,8,10,18H,7,9,11H2,1H3,(H,20,21). The largest absolute Gasteiger partial charge is 0.495 e. The highest BCUT2D eigenvalue weighted by Crippen LogP contribution is 2.27. The molecule has 22 heavy (non-hydrogen) atoms. The van der Waals surface area contributed by atoms with Crippen LogP contribution in [0.4, 0.5) is 5.69 Å². The van der Waals surface area contributed by atoms with E-state index in [0.717, 1.165) is 5.69 Å². The maximum Gasteiger partial charge on any atom is 0.225 e. The molecule has 0 saturated carbocycles. The monoisotopic (exact) mass is 319 g/mol. The van der Waals surface area contributed by atoms with Gasteiger partial charge in [-0.25, -0.2) is 0 Å². The van der Waals surface area contributed by atoms with Crippen LogP contribution in [0.25, 0.3) is 0 Å². The number of halogens is 1. The van der Waals surface area contributed by atoms with Crippen molar-refractivity contribution < 1.29 is 9.53 Å². The Morgan fingerprint density at radius 2 is 2.18 bits per heavy atom. The summed E-state index contributed by atoms with van der Waals surface area (Å²) in [5, 5.41) is 6.44. The molecule has 2 aromatic rings. The number of nitrogens with zero attached hydrogens (tertiary/aromatic N) is 1. The van der Waals surface area contributed by atoms with Gasteiger partial charge >= 0.3 is 0 Å². The molecule has 5 nitrogen and oxygen atoms in total. The number of hydrogen-bond donors (Lipinski definition) is 2. The molecule has 0 aliphatic heterocycles. The Morgan fingerprint density at radius 1 is 1.32 bits per heavy atom. The van der Waals surface area contributed by atoms with Crippen molar-refractivity contribution in [1.29, 1.82) is 0 Å². The molecule has 0 radical (unpaired) electrons. The molecule has 0 fully saturated rings. The lowest BCUT2D eigenvalue weighted by molar-refractivity contribution is -0.116. The van der Waals surface area contributed by atoms with Gasteiger partial charge in [0.05, 0.1) is 17.8 Å². The Balaban J connectivity index is 1.73. The molecule has 1 heterocycles. The predicted molar refractivity (Wildman–Crippen MR) is 87.2 cm³/mol. The summed E-state index contributed by atoms with van der Waals surface area (Å²) >= 11 is 6.01. The Hall–Kier alpha value is -2.11. The number of methoxy groups -OCH3 is 1. The summed E-state index contributed by atoms with van der Waals surface area (Å²) in [7, 11) is 1.55. The van der Waals surface area contributed by atoms with Gasteiger partial charge in [-0.05, 0) is 30.3 Å². The normalized spacial score (nSPS) is 10.3. The summed E-state index contributed by atoms with van der Waals surface area (Å²) < 4.78 is 5.07. The molecule has 0 bridgehead atoms. The number of hydrogen-bond acceptors (Lipinski definition) is 4. The van der Waals surface area contributed by atoms with Crippen LogP contribution in [0.15, 0.2) is 42.6 Å². The molecule has 0 aliphatic rings. The molecule has 0 aliphatic carbocycles. The van der Waals surface area contributed by atoms with E-state index in [1.807, 2.05) is 18.2 Å². The molecular formula is C16H18ClN3O2. The average molecular weight is 320 g/mol. The minimum absolute atomic E-state index is 0.0743. The maximum atomic E-state index is 11.8. The van der Waals surface area contributed by atoms with Crippen molar-refractivity contribution in [3.63, 3.8) is 0 Å². The van der Waals surface area contributed by atoms with Gasteiger partial charge in [0.2, 0.25) is 5.91 Å². The fourth-order valence-corrected chi connectivity index (χ4v) is 2.15. The van der Waals surface area contributed by atoms with Crippen LogP contribution in [0, 0.1) is 0 Å². The highest BCUT2D eigenvalue weighted by molar-refractivity contribution is 6.32. The number of nitrogens with one attached hydrogen (secondary N) is 2. The summed E-state index contributed by atoms with van der Waals surface area (Å²) in [6.07, 6.45) is 2.12. The minimum Gasteiger partial charge on any atom is -0.495 e. The number of benzene rings is 1. The molecule has 1 aromatic heterocycles. The van der Waals surface area contributed by atoms with Gasteiger partial charge in [0.25, 0.3) is 0 Å². The van der Waals surface area contributed by atoms with E-state index in [1.54, 1.807) is 31.5 Å². The number of aromatic nitrogens is 1. The van der Waals surface area contributed by atoms with Gasteiger partial charge in [-0.15, -0.1) is 0 Å². The van der Waals surface area contributed by atoms with Crippen LogP contribution in [-0.2, 0) is 11.3 Å². The van der Waals surface area contributed by atoms with Crippen LogP contribution in [0.3, 0.4) is 0 Å². The second-order valence-corrected chi connectivity index (χ2v) is 5.05. The third kappa shape index (κ3) is 5.02. The summed E-state index contributed by atoms with van der Waals surface area (Å²) in [5.74, 6) is 0.506. The van der Waals surface area contributed by atoms with Crippen LogP contribution < -0.4 is 15.4 Å². The predicted octanol–water partition coefficient (Wildman–Crippen LogP) is 2.86. The number of carbonyl (C=O) groups is 1. The van der Waals surface area contributed by atoms with Crippen molar-refractivity contribution in [1.82, 2.24) is 10.3 Å². The molecule has 6 heteroatoms. The summed E-state index contributed by atoms with van der Waals surface area (Å²) in [4.78, 5) is 16.0. The maximum absolute atomic E-state index is 11.8. The van der Waals surface area contributed by atoms with E-state index >= 15 is 0 Å². The van der Waals surface area contributed by atoms with E-state index in [-0.39, 0.29) is 5.91 Å². The van der Waals surface area contributed by atoms with Gasteiger partial charge in [-0.1, -0.05) is 17.7 Å². The van der Waals surface area contributed by atoms with Crippen LogP contribution in [0.1, 0.15) is 12.1 Å². The first-order valence-electron chi connectivity index (χ1n) is 6.93. The van der Waals surface area contributed by atoms with Crippen molar-refractivity contribution in [2.75, 3.05) is 19.0 Å². The number of amides is 1. The zero-order chi connectivity index (χ0) is 15.8. The smallest absolute Gasteiger partial charge is 0.225 e. The van der Waals surface area contributed by atoms with Gasteiger partial charge in [-0.2, -0.15) is 0 Å². The van der Waals surface area contributed by atoms with Crippen LogP contribution in [-0.4, -0.2) is 24.5 Å². The van der Waals surface area contributed by atoms with Crippen molar-refractivity contribution in [2.24, 2.45) is 0 Å². The number of anilines is 1. The van der Waals surface area contributed by atoms with Gasteiger partial charge in [0.1, 0.15) is 5.75 Å². The Labute approximate surface area is 134 Å². The van der Waals surface area contributed by atoms with Gasteiger partial charge < -0.3 is 15.4 Å². The van der Waals surface area contributed by atoms with Crippen molar-refractivity contribution >= 4 is 23.2 Å². The van der Waals surface area contributed by atoms with Gasteiger partial charge in [-0.3, -0.25) is 9.78 Å². The van der Waals surface area contributed by atoms with E-state index in [4.69, 9.17) is 16.3 Å². The zero-order valence-electron chi connectivity index (χ0n) is 12.3. The lowest BCUT2D eigenvalue weighted by Gasteiger charge is -2.08. The molecule has 0 unspecified atom stereocenters. The van der Waals surface area contributed by atoms with Crippen molar-refractivity contribution in [3.8, 4) is 5.75 Å². The van der Waals surface area contributed by atoms with Gasteiger partial charge in [0.15, 0.2) is 0 Å². The van der Waals surface area contributed by atoms with Crippen LogP contribution in [0.5, 0.6) is 5.75 Å². The number of pyridine rings is 1. The second kappa shape index (κ2) is 8.36. The summed E-state index contributed by atoms with van der Waals surface area (Å²) in [5.41, 5.74) is 1.60.